The lowest BCUT2D eigenvalue weighted by Crippen LogP contribution is -2.36. The van der Waals surface area contributed by atoms with Crippen molar-refractivity contribution >= 4 is 5.95 Å². The van der Waals surface area contributed by atoms with E-state index in [1.807, 2.05) is 12.4 Å². The molecule has 1 unspecified atom stereocenters. The second-order valence-corrected chi connectivity index (χ2v) is 5.36. The number of nitrogens with zero attached hydrogens (tertiary/aromatic N) is 3. The van der Waals surface area contributed by atoms with Crippen molar-refractivity contribution in [1.82, 2.24) is 9.97 Å². The van der Waals surface area contributed by atoms with Crippen LogP contribution >= 0.6 is 0 Å². The molecule has 0 amide bonds. The molecule has 1 atom stereocenters. The second-order valence-electron chi connectivity index (χ2n) is 5.36. The number of aromatic nitrogens is 2. The van der Waals surface area contributed by atoms with Crippen molar-refractivity contribution < 1.29 is 0 Å². The highest BCUT2D eigenvalue weighted by atomic mass is 15.3. The van der Waals surface area contributed by atoms with Crippen LogP contribution in [0.5, 0.6) is 0 Å². The Morgan fingerprint density at radius 2 is 1.85 bits per heavy atom. The molecule has 1 aliphatic heterocycles. The minimum Gasteiger partial charge on any atom is -0.337 e. The van der Waals surface area contributed by atoms with E-state index in [0.29, 0.717) is 12.6 Å². The first-order valence-corrected chi connectivity index (χ1v) is 7.14. The van der Waals surface area contributed by atoms with Crippen LogP contribution in [0.4, 0.5) is 5.95 Å². The van der Waals surface area contributed by atoms with Gasteiger partial charge in [-0.3, -0.25) is 0 Å². The van der Waals surface area contributed by atoms with E-state index in [4.69, 9.17) is 5.73 Å². The predicted octanol–water partition coefficient (Wildman–Crippen LogP) is 2.38. The number of nitrogens with two attached hydrogens (primary N) is 1. The third kappa shape index (κ3) is 2.51. The molecule has 20 heavy (non-hydrogen) atoms. The normalized spacial score (nSPS) is 18.5. The monoisotopic (exact) mass is 268 g/mol. The molecule has 1 aliphatic rings. The van der Waals surface area contributed by atoms with Crippen molar-refractivity contribution in [1.29, 1.82) is 0 Å². The van der Waals surface area contributed by atoms with Gasteiger partial charge in [-0.15, -0.1) is 0 Å². The van der Waals surface area contributed by atoms with Crippen molar-refractivity contribution in [3.63, 3.8) is 0 Å². The molecule has 1 fully saturated rings. The highest BCUT2D eigenvalue weighted by Crippen LogP contribution is 2.23. The Morgan fingerprint density at radius 1 is 1.15 bits per heavy atom. The maximum Gasteiger partial charge on any atom is 0.225 e. The summed E-state index contributed by atoms with van der Waals surface area (Å²) < 4.78 is 0. The minimum absolute atomic E-state index is 0.389. The molecule has 2 N–H and O–H groups in total. The van der Waals surface area contributed by atoms with Gasteiger partial charge < -0.3 is 10.6 Å². The lowest BCUT2D eigenvalue weighted by Gasteiger charge is -2.23. The van der Waals surface area contributed by atoms with Gasteiger partial charge >= 0.3 is 0 Å². The topological polar surface area (TPSA) is 55.0 Å². The summed E-state index contributed by atoms with van der Waals surface area (Å²) in [5, 5.41) is 0. The summed E-state index contributed by atoms with van der Waals surface area (Å²) in [4.78, 5) is 11.3. The van der Waals surface area contributed by atoms with Gasteiger partial charge in [0.25, 0.3) is 0 Å². The molecule has 4 nitrogen and oxygen atoms in total. The first kappa shape index (κ1) is 13.1. The largest absolute Gasteiger partial charge is 0.337 e. The van der Waals surface area contributed by atoms with Crippen LogP contribution < -0.4 is 10.6 Å². The van der Waals surface area contributed by atoms with Crippen molar-refractivity contribution in [2.75, 3.05) is 18.0 Å². The SMILES string of the molecule is Cc1ccc(-c2cnc(N3CCCC3CN)nc2)cc1. The van der Waals surface area contributed by atoms with Gasteiger partial charge in [0.2, 0.25) is 5.95 Å². The molecule has 1 saturated heterocycles. The average molecular weight is 268 g/mol. The summed E-state index contributed by atoms with van der Waals surface area (Å²) in [6.07, 6.45) is 6.11. The zero-order valence-electron chi connectivity index (χ0n) is 11.8. The van der Waals surface area contributed by atoms with Gasteiger partial charge in [0, 0.05) is 37.1 Å². The van der Waals surface area contributed by atoms with Crippen LogP contribution in [0.1, 0.15) is 18.4 Å². The highest BCUT2D eigenvalue weighted by Gasteiger charge is 2.25. The molecule has 104 valence electrons. The van der Waals surface area contributed by atoms with E-state index < -0.39 is 0 Å². The quantitative estimate of drug-likeness (QED) is 0.928. The fourth-order valence-electron chi connectivity index (χ4n) is 2.71. The van der Waals surface area contributed by atoms with E-state index in [1.54, 1.807) is 0 Å². The van der Waals surface area contributed by atoms with E-state index in [-0.39, 0.29) is 0 Å². The Balaban J connectivity index is 1.82. The molecule has 0 aliphatic carbocycles. The van der Waals surface area contributed by atoms with Crippen LogP contribution in [0.2, 0.25) is 0 Å². The van der Waals surface area contributed by atoms with Gasteiger partial charge in [-0.25, -0.2) is 9.97 Å². The summed E-state index contributed by atoms with van der Waals surface area (Å²) >= 11 is 0. The molecular weight excluding hydrogens is 248 g/mol. The predicted molar refractivity (Wildman–Crippen MR) is 81.6 cm³/mol. The number of hydrogen-bond donors (Lipinski definition) is 1. The van der Waals surface area contributed by atoms with Gasteiger partial charge in [0.15, 0.2) is 0 Å². The van der Waals surface area contributed by atoms with Crippen LogP contribution in [0, 0.1) is 6.92 Å². The highest BCUT2D eigenvalue weighted by molar-refractivity contribution is 5.62. The van der Waals surface area contributed by atoms with E-state index in [1.165, 1.54) is 12.0 Å². The minimum atomic E-state index is 0.389. The third-order valence-corrected chi connectivity index (χ3v) is 3.93. The molecule has 1 aromatic carbocycles. The first-order chi connectivity index (χ1) is 9.78. The first-order valence-electron chi connectivity index (χ1n) is 7.14. The number of hydrogen-bond acceptors (Lipinski definition) is 4. The molecule has 1 aromatic heterocycles. The summed E-state index contributed by atoms with van der Waals surface area (Å²) in [5.74, 6) is 0.800. The maximum atomic E-state index is 5.80. The van der Waals surface area contributed by atoms with Crippen molar-refractivity contribution in [2.45, 2.75) is 25.8 Å². The number of rotatable bonds is 3. The van der Waals surface area contributed by atoms with Crippen LogP contribution in [0.25, 0.3) is 11.1 Å². The molecule has 3 rings (SSSR count). The fraction of sp³-hybridized carbons (Fsp3) is 0.375. The van der Waals surface area contributed by atoms with E-state index in [9.17, 15) is 0 Å². The molecule has 0 radical (unpaired) electrons. The Kier molecular flexibility index (Phi) is 3.65. The fourth-order valence-corrected chi connectivity index (χ4v) is 2.71. The summed E-state index contributed by atoms with van der Waals surface area (Å²) in [6.45, 7) is 3.76. The maximum absolute atomic E-state index is 5.80. The van der Waals surface area contributed by atoms with Crippen LogP contribution in [-0.4, -0.2) is 29.1 Å². The molecular formula is C16H20N4. The van der Waals surface area contributed by atoms with Gasteiger partial charge in [0.05, 0.1) is 0 Å². The zero-order valence-corrected chi connectivity index (χ0v) is 11.8. The third-order valence-electron chi connectivity index (χ3n) is 3.93. The van der Waals surface area contributed by atoms with Crippen molar-refractivity contribution in [2.24, 2.45) is 5.73 Å². The van der Waals surface area contributed by atoms with Gasteiger partial charge in [0.1, 0.15) is 0 Å². The van der Waals surface area contributed by atoms with E-state index >= 15 is 0 Å². The number of anilines is 1. The van der Waals surface area contributed by atoms with Crippen LogP contribution in [0.3, 0.4) is 0 Å². The van der Waals surface area contributed by atoms with Crippen molar-refractivity contribution in [3.8, 4) is 11.1 Å². The molecule has 0 bridgehead atoms. The van der Waals surface area contributed by atoms with Crippen LogP contribution in [-0.2, 0) is 0 Å². The number of aryl methyl sites for hydroxylation is 1. The molecule has 0 saturated carbocycles. The Morgan fingerprint density at radius 3 is 2.50 bits per heavy atom. The van der Waals surface area contributed by atoms with Gasteiger partial charge in [-0.2, -0.15) is 0 Å². The van der Waals surface area contributed by atoms with E-state index in [0.717, 1.165) is 30.0 Å². The molecule has 4 heteroatoms. The van der Waals surface area contributed by atoms with Gasteiger partial charge in [-0.05, 0) is 25.3 Å². The second kappa shape index (κ2) is 5.59. The van der Waals surface area contributed by atoms with Gasteiger partial charge in [-0.1, -0.05) is 29.8 Å². The summed E-state index contributed by atoms with van der Waals surface area (Å²) in [5.41, 5.74) is 9.26. The zero-order chi connectivity index (χ0) is 13.9. The van der Waals surface area contributed by atoms with Crippen LogP contribution in [0.15, 0.2) is 36.7 Å². The Bertz CT molecular complexity index is 562. The standard InChI is InChI=1S/C16H20N4/c1-12-4-6-13(7-5-12)14-10-18-16(19-11-14)20-8-2-3-15(20)9-17/h4-7,10-11,15H,2-3,8-9,17H2,1H3. The number of benzene rings is 1. The Hall–Kier alpha value is -1.94. The molecule has 2 heterocycles. The lowest BCUT2D eigenvalue weighted by molar-refractivity contribution is 0.664. The van der Waals surface area contributed by atoms with E-state index in [2.05, 4.69) is 46.1 Å². The molecule has 2 aromatic rings. The van der Waals surface area contributed by atoms with Crippen molar-refractivity contribution in [3.05, 3.63) is 42.2 Å². The Labute approximate surface area is 119 Å². The summed E-state index contributed by atoms with van der Waals surface area (Å²) in [7, 11) is 0. The molecule has 0 spiro atoms. The summed E-state index contributed by atoms with van der Waals surface area (Å²) in [6, 6.07) is 8.81. The average Bonchev–Trinajstić information content (AvgIpc) is 2.97. The lowest BCUT2D eigenvalue weighted by atomic mass is 10.1. The smallest absolute Gasteiger partial charge is 0.225 e.